The van der Waals surface area contributed by atoms with Crippen LogP contribution in [0.3, 0.4) is 0 Å². The number of nitrogens with one attached hydrogen (secondary N) is 1. The van der Waals surface area contributed by atoms with Gasteiger partial charge in [0.05, 0.1) is 0 Å². The maximum Gasteiger partial charge on any atom is 0.256 e. The zero-order valence-corrected chi connectivity index (χ0v) is 16.0. The molecule has 1 atom stereocenters. The van der Waals surface area contributed by atoms with Gasteiger partial charge in [0.25, 0.3) is 5.91 Å². The Balaban J connectivity index is 1.77. The Bertz CT molecular complexity index is 532. The number of ether oxygens (including phenoxy) is 2. The van der Waals surface area contributed by atoms with E-state index in [9.17, 15) is 4.79 Å². The smallest absolute Gasteiger partial charge is 0.256 e. The van der Waals surface area contributed by atoms with Crippen LogP contribution >= 0.6 is 0 Å². The molecule has 0 saturated carbocycles. The molecule has 140 valence electrons. The number of methoxy groups -OCH3 is 1. The molecule has 0 bridgehead atoms. The van der Waals surface area contributed by atoms with Gasteiger partial charge in [-0.25, -0.2) is 0 Å². The number of carbonyl (C=O) groups is 1. The summed E-state index contributed by atoms with van der Waals surface area (Å²) in [5.41, 5.74) is -0.0553. The molecule has 0 spiro atoms. The molecule has 5 heteroatoms. The highest BCUT2D eigenvalue weighted by Crippen LogP contribution is 2.20. The standard InChI is InChI=1S/C20H32N2O3/c1-5-20(3,24-4)19(23)21-17-6-8-18(9-7-17)25-15-14-22-12-10-16(2)11-13-22/h6-9,16H,5,10-15H2,1-4H3,(H,21,23)/t20-/m1/s1. The minimum atomic E-state index is -0.804. The van der Waals surface area contributed by atoms with E-state index in [0.29, 0.717) is 13.0 Å². The molecule has 0 unspecified atom stereocenters. The van der Waals surface area contributed by atoms with E-state index < -0.39 is 5.60 Å². The first kappa shape index (κ1) is 19.7. The van der Waals surface area contributed by atoms with Gasteiger partial charge in [0.2, 0.25) is 0 Å². The van der Waals surface area contributed by atoms with Crippen molar-refractivity contribution in [1.29, 1.82) is 0 Å². The van der Waals surface area contributed by atoms with Crippen LogP contribution in [0.1, 0.15) is 40.0 Å². The predicted molar refractivity (Wildman–Crippen MR) is 101 cm³/mol. The highest BCUT2D eigenvalue weighted by atomic mass is 16.5. The van der Waals surface area contributed by atoms with Gasteiger partial charge in [0.15, 0.2) is 0 Å². The number of benzene rings is 1. The van der Waals surface area contributed by atoms with Crippen molar-refractivity contribution in [2.45, 2.75) is 45.6 Å². The maximum absolute atomic E-state index is 12.3. The van der Waals surface area contributed by atoms with Gasteiger partial charge in [0, 0.05) is 19.3 Å². The molecule has 2 rings (SSSR count). The third-order valence-corrected chi connectivity index (χ3v) is 5.27. The van der Waals surface area contributed by atoms with Crippen LogP contribution in [-0.2, 0) is 9.53 Å². The first-order valence-electron chi connectivity index (χ1n) is 9.28. The minimum Gasteiger partial charge on any atom is -0.492 e. The number of hydrogen-bond donors (Lipinski definition) is 1. The minimum absolute atomic E-state index is 0.134. The van der Waals surface area contributed by atoms with Crippen molar-refractivity contribution in [3.63, 3.8) is 0 Å². The average molecular weight is 348 g/mol. The van der Waals surface area contributed by atoms with Crippen molar-refractivity contribution in [2.24, 2.45) is 5.92 Å². The second-order valence-electron chi connectivity index (χ2n) is 7.14. The van der Waals surface area contributed by atoms with Gasteiger partial charge in [-0.1, -0.05) is 13.8 Å². The second kappa shape index (κ2) is 9.20. The molecule has 0 radical (unpaired) electrons. The Kier molecular flexibility index (Phi) is 7.26. The number of anilines is 1. The number of nitrogens with zero attached hydrogens (tertiary/aromatic N) is 1. The quantitative estimate of drug-likeness (QED) is 0.780. The Hall–Kier alpha value is -1.59. The van der Waals surface area contributed by atoms with Gasteiger partial charge in [-0.05, 0) is 69.5 Å². The molecule has 1 aromatic rings. The molecule has 1 saturated heterocycles. The fourth-order valence-electron chi connectivity index (χ4n) is 2.87. The SMILES string of the molecule is CC[C@@](C)(OC)C(=O)Nc1ccc(OCCN2CCC(C)CC2)cc1. The van der Waals surface area contributed by atoms with Crippen LogP contribution in [-0.4, -0.2) is 49.8 Å². The van der Waals surface area contributed by atoms with Crippen LogP contribution in [0.2, 0.25) is 0 Å². The van der Waals surface area contributed by atoms with Crippen molar-refractivity contribution in [3.05, 3.63) is 24.3 Å². The summed E-state index contributed by atoms with van der Waals surface area (Å²) in [5, 5.41) is 2.90. The number of likely N-dealkylation sites (tertiary alicyclic amines) is 1. The number of rotatable bonds is 8. The predicted octanol–water partition coefficient (Wildman–Crippen LogP) is 3.55. The molecule has 1 aliphatic heterocycles. The topological polar surface area (TPSA) is 50.8 Å². The molecule has 0 aliphatic carbocycles. The van der Waals surface area contributed by atoms with Gasteiger partial charge in [-0.3, -0.25) is 9.69 Å². The van der Waals surface area contributed by atoms with E-state index in [1.807, 2.05) is 31.2 Å². The molecule has 25 heavy (non-hydrogen) atoms. The molecule has 5 nitrogen and oxygen atoms in total. The highest BCUT2D eigenvalue weighted by Gasteiger charge is 2.30. The lowest BCUT2D eigenvalue weighted by Crippen LogP contribution is -2.41. The number of amides is 1. The molecule has 1 amide bonds. The molecule has 1 aromatic carbocycles. The van der Waals surface area contributed by atoms with E-state index in [2.05, 4.69) is 17.1 Å². The summed E-state index contributed by atoms with van der Waals surface area (Å²) < 4.78 is 11.1. The van der Waals surface area contributed by atoms with Gasteiger partial charge in [0.1, 0.15) is 18.0 Å². The van der Waals surface area contributed by atoms with Crippen molar-refractivity contribution in [2.75, 3.05) is 38.7 Å². The second-order valence-corrected chi connectivity index (χ2v) is 7.14. The van der Waals surface area contributed by atoms with E-state index in [-0.39, 0.29) is 5.91 Å². The van der Waals surface area contributed by atoms with Crippen LogP contribution in [0.5, 0.6) is 5.75 Å². The lowest BCUT2D eigenvalue weighted by molar-refractivity contribution is -0.136. The van der Waals surface area contributed by atoms with Crippen molar-refractivity contribution in [1.82, 2.24) is 4.90 Å². The number of carbonyl (C=O) groups excluding carboxylic acids is 1. The summed E-state index contributed by atoms with van der Waals surface area (Å²) in [6.07, 6.45) is 3.19. The fourth-order valence-corrected chi connectivity index (χ4v) is 2.87. The molecule has 1 N–H and O–H groups in total. The van der Waals surface area contributed by atoms with E-state index in [0.717, 1.165) is 23.9 Å². The lowest BCUT2D eigenvalue weighted by Gasteiger charge is -2.29. The lowest BCUT2D eigenvalue weighted by atomic mass is 9.99. The monoisotopic (exact) mass is 348 g/mol. The molecular formula is C20H32N2O3. The van der Waals surface area contributed by atoms with Crippen LogP contribution < -0.4 is 10.1 Å². The van der Waals surface area contributed by atoms with Crippen molar-refractivity contribution in [3.8, 4) is 5.75 Å². The Morgan fingerprint density at radius 2 is 1.92 bits per heavy atom. The zero-order valence-electron chi connectivity index (χ0n) is 16.0. The molecule has 1 aliphatic rings. The normalized spacial score (nSPS) is 18.6. The van der Waals surface area contributed by atoms with Gasteiger partial charge in [-0.2, -0.15) is 0 Å². The van der Waals surface area contributed by atoms with Crippen LogP contribution in [0.25, 0.3) is 0 Å². The molecule has 1 heterocycles. The van der Waals surface area contributed by atoms with Crippen molar-refractivity contribution < 1.29 is 14.3 Å². The number of piperidine rings is 1. The largest absolute Gasteiger partial charge is 0.492 e. The molecular weight excluding hydrogens is 316 g/mol. The average Bonchev–Trinajstić information content (AvgIpc) is 2.64. The summed E-state index contributed by atoms with van der Waals surface area (Å²) >= 11 is 0. The van der Waals surface area contributed by atoms with Gasteiger partial charge >= 0.3 is 0 Å². The van der Waals surface area contributed by atoms with Crippen LogP contribution in [0.15, 0.2) is 24.3 Å². The fraction of sp³-hybridized carbons (Fsp3) is 0.650. The first-order chi connectivity index (χ1) is 12.0. The molecule has 0 aromatic heterocycles. The van der Waals surface area contributed by atoms with E-state index >= 15 is 0 Å². The van der Waals surface area contributed by atoms with Gasteiger partial charge in [-0.15, -0.1) is 0 Å². The Morgan fingerprint density at radius 3 is 2.48 bits per heavy atom. The van der Waals surface area contributed by atoms with Crippen molar-refractivity contribution >= 4 is 11.6 Å². The zero-order chi connectivity index (χ0) is 18.3. The van der Waals surface area contributed by atoms with E-state index in [4.69, 9.17) is 9.47 Å². The van der Waals surface area contributed by atoms with E-state index in [1.165, 1.54) is 25.9 Å². The number of hydrogen-bond acceptors (Lipinski definition) is 4. The summed E-state index contributed by atoms with van der Waals surface area (Å²) in [4.78, 5) is 14.7. The third kappa shape index (κ3) is 5.72. The summed E-state index contributed by atoms with van der Waals surface area (Å²) in [7, 11) is 1.56. The van der Waals surface area contributed by atoms with Crippen LogP contribution in [0, 0.1) is 5.92 Å². The Labute approximate surface area is 151 Å². The first-order valence-corrected chi connectivity index (χ1v) is 9.28. The Morgan fingerprint density at radius 1 is 1.28 bits per heavy atom. The third-order valence-electron chi connectivity index (χ3n) is 5.27. The highest BCUT2D eigenvalue weighted by molar-refractivity contribution is 5.97. The molecule has 1 fully saturated rings. The van der Waals surface area contributed by atoms with Gasteiger partial charge < -0.3 is 14.8 Å². The summed E-state index contributed by atoms with van der Waals surface area (Å²) in [6, 6.07) is 7.51. The summed E-state index contributed by atoms with van der Waals surface area (Å²) in [5.74, 6) is 1.55. The van der Waals surface area contributed by atoms with E-state index in [1.54, 1.807) is 14.0 Å². The van der Waals surface area contributed by atoms with Crippen LogP contribution in [0.4, 0.5) is 5.69 Å². The summed E-state index contributed by atoms with van der Waals surface area (Å²) in [6.45, 7) is 10.1. The maximum atomic E-state index is 12.3.